The van der Waals surface area contributed by atoms with Crippen molar-refractivity contribution >= 4 is 0 Å². The lowest BCUT2D eigenvalue weighted by Crippen LogP contribution is -2.08. The van der Waals surface area contributed by atoms with Gasteiger partial charge in [-0.25, -0.2) is 9.97 Å². The molecule has 5 heteroatoms. The molecule has 80 valence electrons. The summed E-state index contributed by atoms with van der Waals surface area (Å²) in [7, 11) is 0. The first-order chi connectivity index (χ1) is 6.41. The molecule has 0 radical (unpaired) electrons. The van der Waals surface area contributed by atoms with Crippen molar-refractivity contribution in [3.05, 3.63) is 23.8 Å². The molecule has 0 fully saturated rings. The van der Waals surface area contributed by atoms with E-state index < -0.39 is 11.9 Å². The number of aromatic nitrogens is 2. The van der Waals surface area contributed by atoms with Crippen LogP contribution < -0.4 is 0 Å². The molecule has 1 aromatic rings. The zero-order valence-corrected chi connectivity index (χ0v) is 8.39. The van der Waals surface area contributed by atoms with Crippen LogP contribution in [-0.2, 0) is 6.18 Å². The van der Waals surface area contributed by atoms with Gasteiger partial charge < -0.3 is 0 Å². The van der Waals surface area contributed by atoms with Gasteiger partial charge in [-0.05, 0) is 13.0 Å². The molecule has 0 unspecified atom stereocenters. The van der Waals surface area contributed by atoms with Crippen LogP contribution in [0.2, 0.25) is 0 Å². The van der Waals surface area contributed by atoms with Crippen molar-refractivity contribution in [2.24, 2.45) is 0 Å². The Morgan fingerprint density at radius 1 is 1.21 bits per heavy atom. The van der Waals surface area contributed by atoms with E-state index in [1.807, 2.05) is 0 Å². The van der Waals surface area contributed by atoms with E-state index in [1.54, 1.807) is 0 Å². The zero-order chi connectivity index (χ0) is 11.2. The van der Waals surface area contributed by atoms with Crippen molar-refractivity contribution in [1.82, 2.24) is 9.97 Å². The van der Waals surface area contributed by atoms with Gasteiger partial charge in [-0.2, -0.15) is 13.2 Å². The van der Waals surface area contributed by atoms with Gasteiger partial charge in [-0.3, -0.25) is 0 Å². The van der Waals surface area contributed by atoms with Crippen molar-refractivity contribution in [2.45, 2.75) is 33.4 Å². The highest BCUT2D eigenvalue weighted by Gasteiger charge is 2.32. The summed E-state index contributed by atoms with van der Waals surface area (Å²) in [5.74, 6) is 0. The van der Waals surface area contributed by atoms with Crippen LogP contribution in [0.3, 0.4) is 0 Å². The Labute approximate surface area is 81.2 Å². The molecule has 14 heavy (non-hydrogen) atoms. The summed E-state index contributed by atoms with van der Waals surface area (Å²) in [5, 5.41) is 0. The third-order valence-electron chi connectivity index (χ3n) is 1.09. The van der Waals surface area contributed by atoms with E-state index in [-0.39, 0.29) is 0 Å². The molecule has 0 spiro atoms. The van der Waals surface area contributed by atoms with Crippen LogP contribution in [0.5, 0.6) is 0 Å². The number of hydrogen-bond donors (Lipinski definition) is 0. The molecule has 1 rings (SSSR count). The SMILES string of the molecule is CCC.Cc1cc(C(F)(F)F)ncn1. The highest BCUT2D eigenvalue weighted by molar-refractivity contribution is 5.09. The fourth-order valence-electron chi connectivity index (χ4n) is 0.610. The van der Waals surface area contributed by atoms with Crippen LogP contribution in [0.15, 0.2) is 12.4 Å². The molecule has 0 aromatic carbocycles. The van der Waals surface area contributed by atoms with Crippen molar-refractivity contribution in [3.8, 4) is 0 Å². The Kier molecular flexibility index (Phi) is 5.12. The molecule has 0 saturated carbocycles. The summed E-state index contributed by atoms with van der Waals surface area (Å²) in [5.41, 5.74) is -0.586. The first kappa shape index (κ1) is 12.9. The quantitative estimate of drug-likeness (QED) is 0.651. The number of alkyl halides is 3. The predicted molar refractivity (Wildman–Crippen MR) is 47.7 cm³/mol. The molecule has 0 bridgehead atoms. The van der Waals surface area contributed by atoms with Gasteiger partial charge in [0.15, 0.2) is 0 Å². The predicted octanol–water partition coefficient (Wildman–Crippen LogP) is 3.22. The Bertz CT molecular complexity index is 271. The summed E-state index contributed by atoms with van der Waals surface area (Å²) in [4.78, 5) is 6.62. The van der Waals surface area contributed by atoms with Crippen LogP contribution in [-0.4, -0.2) is 9.97 Å². The maximum absolute atomic E-state index is 11.9. The number of rotatable bonds is 0. The zero-order valence-electron chi connectivity index (χ0n) is 8.39. The molecular formula is C9H13F3N2. The molecule has 1 heterocycles. The monoisotopic (exact) mass is 206 g/mol. The van der Waals surface area contributed by atoms with Crippen molar-refractivity contribution in [2.75, 3.05) is 0 Å². The van der Waals surface area contributed by atoms with Crippen molar-refractivity contribution < 1.29 is 13.2 Å². The molecule has 0 aliphatic heterocycles. The van der Waals surface area contributed by atoms with E-state index in [0.717, 1.165) is 12.4 Å². The molecule has 0 amide bonds. The molecule has 0 saturated heterocycles. The van der Waals surface area contributed by atoms with Gasteiger partial charge in [0, 0.05) is 5.69 Å². The average molecular weight is 206 g/mol. The first-order valence-electron chi connectivity index (χ1n) is 4.27. The highest BCUT2D eigenvalue weighted by atomic mass is 19.4. The molecular weight excluding hydrogens is 193 g/mol. The lowest BCUT2D eigenvalue weighted by Gasteiger charge is -2.03. The van der Waals surface area contributed by atoms with E-state index >= 15 is 0 Å². The lowest BCUT2D eigenvalue weighted by molar-refractivity contribution is -0.141. The van der Waals surface area contributed by atoms with Gasteiger partial charge >= 0.3 is 6.18 Å². The standard InChI is InChI=1S/C6H5F3N2.C3H8/c1-4-2-5(6(7,8)9)11-3-10-4;1-3-2/h2-3H,1H3;3H2,1-2H3. The van der Waals surface area contributed by atoms with E-state index in [9.17, 15) is 13.2 Å². The summed E-state index contributed by atoms with van der Waals surface area (Å²) in [6, 6.07) is 0.903. The third kappa shape index (κ3) is 4.79. The Morgan fingerprint density at radius 2 is 1.71 bits per heavy atom. The van der Waals surface area contributed by atoms with E-state index in [2.05, 4.69) is 23.8 Å². The van der Waals surface area contributed by atoms with Gasteiger partial charge in [0.05, 0.1) is 0 Å². The molecule has 0 atom stereocenters. The van der Waals surface area contributed by atoms with Crippen LogP contribution in [0.4, 0.5) is 13.2 Å². The van der Waals surface area contributed by atoms with Gasteiger partial charge in [-0.1, -0.05) is 20.3 Å². The number of halogens is 3. The second-order valence-corrected chi connectivity index (χ2v) is 2.75. The molecule has 0 N–H and O–H groups in total. The first-order valence-corrected chi connectivity index (χ1v) is 4.27. The van der Waals surface area contributed by atoms with Gasteiger partial charge in [0.1, 0.15) is 12.0 Å². The second kappa shape index (κ2) is 5.57. The Balaban J connectivity index is 0.000000500. The topological polar surface area (TPSA) is 25.8 Å². The third-order valence-corrected chi connectivity index (χ3v) is 1.09. The highest BCUT2D eigenvalue weighted by Crippen LogP contribution is 2.26. The van der Waals surface area contributed by atoms with Crippen LogP contribution in [0.25, 0.3) is 0 Å². The van der Waals surface area contributed by atoms with Crippen LogP contribution >= 0.6 is 0 Å². The maximum atomic E-state index is 11.9. The second-order valence-electron chi connectivity index (χ2n) is 2.75. The summed E-state index contributed by atoms with van der Waals surface area (Å²) < 4.78 is 35.6. The molecule has 0 aliphatic rings. The fraction of sp³-hybridized carbons (Fsp3) is 0.556. The number of aryl methyl sites for hydroxylation is 1. The lowest BCUT2D eigenvalue weighted by atomic mass is 10.3. The van der Waals surface area contributed by atoms with Crippen LogP contribution in [0, 0.1) is 6.92 Å². The molecule has 0 aliphatic carbocycles. The van der Waals surface area contributed by atoms with Crippen LogP contribution in [0.1, 0.15) is 31.7 Å². The minimum absolute atomic E-state index is 0.312. The molecule has 1 aromatic heterocycles. The van der Waals surface area contributed by atoms with E-state index in [1.165, 1.54) is 13.3 Å². The van der Waals surface area contributed by atoms with E-state index in [4.69, 9.17) is 0 Å². The number of hydrogen-bond acceptors (Lipinski definition) is 2. The summed E-state index contributed by atoms with van der Waals surface area (Å²) in [6.45, 7) is 5.73. The van der Waals surface area contributed by atoms with Gasteiger partial charge in [0.2, 0.25) is 0 Å². The van der Waals surface area contributed by atoms with Crippen molar-refractivity contribution in [1.29, 1.82) is 0 Å². The normalized spacial score (nSPS) is 10.4. The summed E-state index contributed by atoms with van der Waals surface area (Å²) in [6.07, 6.45) is -2.22. The maximum Gasteiger partial charge on any atom is 0.433 e. The minimum Gasteiger partial charge on any atom is -0.242 e. The van der Waals surface area contributed by atoms with Gasteiger partial charge in [0.25, 0.3) is 0 Å². The fourth-order valence-corrected chi connectivity index (χ4v) is 0.610. The average Bonchev–Trinajstić information content (AvgIpc) is 2.04. The Morgan fingerprint density at radius 3 is 2.00 bits per heavy atom. The molecule has 2 nitrogen and oxygen atoms in total. The van der Waals surface area contributed by atoms with Crippen molar-refractivity contribution in [3.63, 3.8) is 0 Å². The minimum atomic E-state index is -4.37. The Hall–Kier alpha value is -1.13. The van der Waals surface area contributed by atoms with E-state index in [0.29, 0.717) is 5.69 Å². The van der Waals surface area contributed by atoms with Gasteiger partial charge in [-0.15, -0.1) is 0 Å². The summed E-state index contributed by atoms with van der Waals surface area (Å²) >= 11 is 0. The largest absolute Gasteiger partial charge is 0.433 e. The number of nitrogens with zero attached hydrogens (tertiary/aromatic N) is 2. The smallest absolute Gasteiger partial charge is 0.242 e.